The minimum atomic E-state index is -0.272. The Morgan fingerprint density at radius 2 is 2.04 bits per heavy atom. The summed E-state index contributed by atoms with van der Waals surface area (Å²) in [6.45, 7) is 4.60. The smallest absolute Gasteiger partial charge is 0.273 e. The van der Waals surface area contributed by atoms with Gasteiger partial charge in [0.05, 0.1) is 25.5 Å². The number of amides is 1. The molecule has 0 bridgehead atoms. The van der Waals surface area contributed by atoms with Crippen molar-refractivity contribution in [2.45, 2.75) is 13.1 Å². The Morgan fingerprint density at radius 1 is 1.22 bits per heavy atom. The van der Waals surface area contributed by atoms with Crippen LogP contribution in [0.5, 0.6) is 0 Å². The summed E-state index contributed by atoms with van der Waals surface area (Å²) in [5.41, 5.74) is 2.18. The Labute approximate surface area is 161 Å². The molecule has 1 aliphatic heterocycles. The van der Waals surface area contributed by atoms with Crippen LogP contribution in [0.4, 0.5) is 0 Å². The minimum Gasteiger partial charge on any atom is -0.379 e. The van der Waals surface area contributed by atoms with Crippen LogP contribution in [0, 0.1) is 0 Å². The second-order valence-corrected chi connectivity index (χ2v) is 7.19. The summed E-state index contributed by atoms with van der Waals surface area (Å²) in [5, 5.41) is 9.63. The van der Waals surface area contributed by atoms with E-state index in [-0.39, 0.29) is 11.6 Å². The Hall–Kier alpha value is -2.55. The molecule has 7 nitrogen and oxygen atoms in total. The average molecular weight is 384 g/mol. The molecule has 4 rings (SSSR count). The van der Waals surface area contributed by atoms with E-state index in [1.807, 2.05) is 35.7 Å². The van der Waals surface area contributed by atoms with E-state index in [1.54, 1.807) is 17.4 Å². The van der Waals surface area contributed by atoms with E-state index in [2.05, 4.69) is 20.4 Å². The van der Waals surface area contributed by atoms with Crippen molar-refractivity contribution >= 4 is 17.2 Å². The maximum Gasteiger partial charge on any atom is 0.273 e. The van der Waals surface area contributed by atoms with Crippen molar-refractivity contribution in [1.29, 1.82) is 0 Å². The number of rotatable bonds is 6. The number of carbonyl (C=O) groups is 1. The fourth-order valence-electron chi connectivity index (χ4n) is 2.86. The second kappa shape index (κ2) is 8.43. The van der Waals surface area contributed by atoms with Crippen LogP contribution in [-0.2, 0) is 17.8 Å². The zero-order valence-electron chi connectivity index (χ0n) is 14.8. The van der Waals surface area contributed by atoms with Crippen LogP contribution in [-0.4, -0.2) is 47.3 Å². The normalized spacial score (nSPS) is 15.0. The van der Waals surface area contributed by atoms with Crippen LogP contribution >= 0.6 is 11.3 Å². The third-order valence-electron chi connectivity index (χ3n) is 4.29. The van der Waals surface area contributed by atoms with Crippen molar-refractivity contribution in [3.63, 3.8) is 0 Å². The molecule has 0 spiro atoms. The molecule has 0 saturated carbocycles. The third kappa shape index (κ3) is 4.60. The molecule has 140 valence electrons. The van der Waals surface area contributed by atoms with Crippen LogP contribution in [0.1, 0.15) is 21.2 Å². The molecule has 1 fully saturated rings. The van der Waals surface area contributed by atoms with Crippen LogP contribution in [0.15, 0.2) is 46.3 Å². The maximum absolute atomic E-state index is 12.3. The summed E-state index contributed by atoms with van der Waals surface area (Å²) < 4.78 is 10.6. The number of nitrogens with one attached hydrogen (secondary N) is 1. The molecule has 3 heterocycles. The lowest BCUT2D eigenvalue weighted by Crippen LogP contribution is -2.35. The number of morpholine rings is 1. The highest BCUT2D eigenvalue weighted by atomic mass is 32.1. The second-order valence-electron chi connectivity index (χ2n) is 6.25. The molecule has 0 unspecified atom stereocenters. The highest BCUT2D eigenvalue weighted by Crippen LogP contribution is 2.20. The Morgan fingerprint density at radius 3 is 2.85 bits per heavy atom. The Balaban J connectivity index is 1.31. The highest BCUT2D eigenvalue weighted by molar-refractivity contribution is 7.09. The molecule has 1 aliphatic rings. The van der Waals surface area contributed by atoms with Crippen LogP contribution in [0.3, 0.4) is 0 Å². The molecule has 1 saturated heterocycles. The van der Waals surface area contributed by atoms with Crippen molar-refractivity contribution in [1.82, 2.24) is 20.4 Å². The third-order valence-corrected chi connectivity index (χ3v) is 5.19. The van der Waals surface area contributed by atoms with Crippen LogP contribution in [0.25, 0.3) is 11.3 Å². The summed E-state index contributed by atoms with van der Waals surface area (Å²) >= 11 is 1.55. The molecular formula is C19H20N4O3S. The van der Waals surface area contributed by atoms with Crippen molar-refractivity contribution in [2.24, 2.45) is 0 Å². The van der Waals surface area contributed by atoms with Crippen LogP contribution < -0.4 is 5.32 Å². The lowest BCUT2D eigenvalue weighted by atomic mass is 10.1. The first-order chi connectivity index (χ1) is 13.3. The van der Waals surface area contributed by atoms with Crippen molar-refractivity contribution in [3.05, 3.63) is 58.2 Å². The lowest BCUT2D eigenvalue weighted by Gasteiger charge is -2.25. The summed E-state index contributed by atoms with van der Waals surface area (Å²) in [6, 6.07) is 11.2. The van der Waals surface area contributed by atoms with E-state index in [4.69, 9.17) is 9.26 Å². The van der Waals surface area contributed by atoms with Gasteiger partial charge in [-0.25, -0.2) is 4.98 Å². The van der Waals surface area contributed by atoms with Crippen LogP contribution in [0.2, 0.25) is 0 Å². The maximum atomic E-state index is 12.3. The molecule has 1 amide bonds. The molecule has 2 aromatic heterocycles. The SMILES string of the molecule is O=C(NCc1nc(CN2CCOCC2)cs1)c1cc(-c2ccccc2)on1. The lowest BCUT2D eigenvalue weighted by molar-refractivity contribution is 0.0337. The van der Waals surface area contributed by atoms with Crippen molar-refractivity contribution < 1.29 is 14.1 Å². The molecule has 0 radical (unpaired) electrons. The monoisotopic (exact) mass is 384 g/mol. The van der Waals surface area contributed by atoms with E-state index >= 15 is 0 Å². The summed E-state index contributed by atoms with van der Waals surface area (Å²) in [7, 11) is 0. The number of carbonyl (C=O) groups excluding carboxylic acids is 1. The molecule has 0 atom stereocenters. The molecule has 0 aliphatic carbocycles. The summed E-state index contributed by atoms with van der Waals surface area (Å²) in [6.07, 6.45) is 0. The fourth-order valence-corrected chi connectivity index (χ4v) is 3.58. The first kappa shape index (κ1) is 17.8. The Kier molecular flexibility index (Phi) is 5.57. The van der Waals surface area contributed by atoms with Gasteiger partial charge in [0.1, 0.15) is 5.01 Å². The van der Waals surface area contributed by atoms with Gasteiger partial charge in [-0.05, 0) is 0 Å². The predicted octanol–water partition coefficient (Wildman–Crippen LogP) is 2.56. The molecule has 1 aromatic carbocycles. The van der Waals surface area contributed by atoms with Gasteiger partial charge in [-0.3, -0.25) is 9.69 Å². The summed E-state index contributed by atoms with van der Waals surface area (Å²) in [5.74, 6) is 0.300. The number of thiazole rings is 1. The average Bonchev–Trinajstić information content (AvgIpc) is 3.37. The zero-order chi connectivity index (χ0) is 18.5. The van der Waals surface area contributed by atoms with Gasteiger partial charge in [0.2, 0.25) is 0 Å². The molecule has 27 heavy (non-hydrogen) atoms. The minimum absolute atomic E-state index is 0.263. The van der Waals surface area contributed by atoms with Crippen molar-refractivity contribution in [2.75, 3.05) is 26.3 Å². The van der Waals surface area contributed by atoms with E-state index in [0.717, 1.165) is 49.1 Å². The van der Waals surface area contributed by atoms with Gasteiger partial charge in [0.25, 0.3) is 5.91 Å². The van der Waals surface area contributed by atoms with Gasteiger partial charge in [-0.2, -0.15) is 0 Å². The summed E-state index contributed by atoms with van der Waals surface area (Å²) in [4.78, 5) is 19.2. The van der Waals surface area contributed by atoms with Gasteiger partial charge in [-0.1, -0.05) is 35.5 Å². The van der Waals surface area contributed by atoms with E-state index in [9.17, 15) is 4.79 Å². The van der Waals surface area contributed by atoms with E-state index in [1.165, 1.54) is 0 Å². The zero-order valence-corrected chi connectivity index (χ0v) is 15.6. The molecule has 1 N–H and O–H groups in total. The predicted molar refractivity (Wildman–Crippen MR) is 101 cm³/mol. The molecule has 8 heteroatoms. The first-order valence-corrected chi connectivity index (χ1v) is 9.69. The number of aromatic nitrogens is 2. The standard InChI is InChI=1S/C19H20N4O3S/c24-19(16-10-17(26-22-16)14-4-2-1-3-5-14)20-11-18-21-15(13-27-18)12-23-6-8-25-9-7-23/h1-5,10,13H,6-9,11-12H2,(H,20,24). The molecular weight excluding hydrogens is 364 g/mol. The Bertz CT molecular complexity index is 887. The van der Waals surface area contributed by atoms with Gasteiger partial charge in [0, 0.05) is 36.6 Å². The highest BCUT2D eigenvalue weighted by Gasteiger charge is 2.15. The number of benzene rings is 1. The number of hydrogen-bond donors (Lipinski definition) is 1. The topological polar surface area (TPSA) is 80.5 Å². The van der Waals surface area contributed by atoms with E-state index in [0.29, 0.717) is 12.3 Å². The molecule has 3 aromatic rings. The number of hydrogen-bond acceptors (Lipinski definition) is 7. The van der Waals surface area contributed by atoms with Crippen molar-refractivity contribution in [3.8, 4) is 11.3 Å². The van der Waals surface area contributed by atoms with Gasteiger partial charge < -0.3 is 14.6 Å². The number of nitrogens with zero attached hydrogens (tertiary/aromatic N) is 3. The largest absolute Gasteiger partial charge is 0.379 e. The quantitative estimate of drug-likeness (QED) is 0.704. The number of ether oxygens (including phenoxy) is 1. The first-order valence-electron chi connectivity index (χ1n) is 8.81. The van der Waals surface area contributed by atoms with Gasteiger partial charge in [-0.15, -0.1) is 11.3 Å². The van der Waals surface area contributed by atoms with Gasteiger partial charge in [0.15, 0.2) is 11.5 Å². The van der Waals surface area contributed by atoms with E-state index < -0.39 is 0 Å². The fraction of sp³-hybridized carbons (Fsp3) is 0.316. The van der Waals surface area contributed by atoms with Gasteiger partial charge >= 0.3 is 0 Å².